The van der Waals surface area contributed by atoms with Crippen molar-refractivity contribution in [2.24, 2.45) is 0 Å². The molecular formula is C22H23F6NO2. The number of nitrogens with one attached hydrogen (secondary N) is 1. The van der Waals surface area contributed by atoms with Crippen LogP contribution in [-0.4, -0.2) is 12.5 Å². The van der Waals surface area contributed by atoms with Crippen molar-refractivity contribution in [2.45, 2.75) is 52.1 Å². The van der Waals surface area contributed by atoms with E-state index in [2.05, 4.69) is 5.32 Å². The Morgan fingerprint density at radius 3 is 2.13 bits per heavy atom. The van der Waals surface area contributed by atoms with E-state index in [4.69, 9.17) is 4.74 Å². The fourth-order valence-corrected chi connectivity index (χ4v) is 3.05. The van der Waals surface area contributed by atoms with Gasteiger partial charge in [-0.3, -0.25) is 4.79 Å². The van der Waals surface area contributed by atoms with E-state index in [9.17, 15) is 31.1 Å². The number of anilines is 1. The van der Waals surface area contributed by atoms with Crippen LogP contribution in [0.2, 0.25) is 0 Å². The topological polar surface area (TPSA) is 38.3 Å². The standard InChI is InChI=1S/C22H23F6NO2/c1-4-5-9-31-14(3)18-8-6-7-13(2)19(18)20(30)29-17-11-15(21(23,24)25)10-16(12-17)22(26,27)28/h6-8,10-12,14H,4-5,9H2,1-3H3,(H,29,30)/t14-/m1/s1. The number of aryl methyl sites for hydroxylation is 1. The summed E-state index contributed by atoms with van der Waals surface area (Å²) in [4.78, 5) is 12.9. The number of ether oxygens (including phenoxy) is 1. The summed E-state index contributed by atoms with van der Waals surface area (Å²) >= 11 is 0. The third-order valence-corrected chi connectivity index (χ3v) is 4.68. The molecule has 9 heteroatoms. The zero-order valence-electron chi connectivity index (χ0n) is 17.2. The lowest BCUT2D eigenvalue weighted by Gasteiger charge is -2.19. The molecule has 1 atom stereocenters. The van der Waals surface area contributed by atoms with Gasteiger partial charge in [0.25, 0.3) is 5.91 Å². The Hall–Kier alpha value is -2.55. The largest absolute Gasteiger partial charge is 0.416 e. The molecule has 0 unspecified atom stereocenters. The van der Waals surface area contributed by atoms with Crippen LogP contribution in [0.4, 0.5) is 32.0 Å². The predicted molar refractivity (Wildman–Crippen MR) is 105 cm³/mol. The van der Waals surface area contributed by atoms with E-state index < -0.39 is 41.2 Å². The van der Waals surface area contributed by atoms with Crippen LogP contribution in [0.25, 0.3) is 0 Å². The van der Waals surface area contributed by atoms with Gasteiger partial charge in [-0.2, -0.15) is 26.3 Å². The summed E-state index contributed by atoms with van der Waals surface area (Å²) in [7, 11) is 0. The van der Waals surface area contributed by atoms with Gasteiger partial charge >= 0.3 is 12.4 Å². The Kier molecular flexibility index (Phi) is 7.75. The van der Waals surface area contributed by atoms with Crippen molar-refractivity contribution in [1.82, 2.24) is 0 Å². The van der Waals surface area contributed by atoms with E-state index in [0.717, 1.165) is 12.8 Å². The molecule has 0 saturated heterocycles. The summed E-state index contributed by atoms with van der Waals surface area (Å²) < 4.78 is 84.2. The highest BCUT2D eigenvalue weighted by molar-refractivity contribution is 6.06. The molecule has 0 aromatic heterocycles. The van der Waals surface area contributed by atoms with Crippen LogP contribution in [-0.2, 0) is 17.1 Å². The monoisotopic (exact) mass is 447 g/mol. The Bertz CT molecular complexity index is 889. The first-order valence-electron chi connectivity index (χ1n) is 9.66. The van der Waals surface area contributed by atoms with Gasteiger partial charge in [0.15, 0.2) is 0 Å². The lowest BCUT2D eigenvalue weighted by Crippen LogP contribution is -2.19. The van der Waals surface area contributed by atoms with Crippen molar-refractivity contribution in [3.05, 3.63) is 64.2 Å². The van der Waals surface area contributed by atoms with Crippen molar-refractivity contribution in [1.29, 1.82) is 0 Å². The average molecular weight is 447 g/mol. The molecule has 0 bridgehead atoms. The zero-order valence-corrected chi connectivity index (χ0v) is 17.2. The van der Waals surface area contributed by atoms with Crippen molar-refractivity contribution >= 4 is 11.6 Å². The Morgan fingerprint density at radius 2 is 1.61 bits per heavy atom. The number of rotatable bonds is 7. The molecule has 2 aromatic rings. The molecule has 3 nitrogen and oxygen atoms in total. The molecule has 1 amide bonds. The fraction of sp³-hybridized carbons (Fsp3) is 0.409. The van der Waals surface area contributed by atoms with Crippen LogP contribution in [0, 0.1) is 6.92 Å². The number of amides is 1. The van der Waals surface area contributed by atoms with Gasteiger partial charge in [0.1, 0.15) is 0 Å². The Morgan fingerprint density at radius 1 is 1.03 bits per heavy atom. The third kappa shape index (κ3) is 6.46. The van der Waals surface area contributed by atoms with Crippen LogP contribution in [0.15, 0.2) is 36.4 Å². The minimum Gasteiger partial charge on any atom is -0.374 e. The SMILES string of the molecule is CCCCO[C@H](C)c1cccc(C)c1C(=O)Nc1cc(C(F)(F)F)cc(C(F)(F)F)c1. The van der Waals surface area contributed by atoms with Gasteiger partial charge in [-0.15, -0.1) is 0 Å². The lowest BCUT2D eigenvalue weighted by molar-refractivity contribution is -0.143. The first kappa shape index (κ1) is 24.7. The smallest absolute Gasteiger partial charge is 0.374 e. The van der Waals surface area contributed by atoms with Gasteiger partial charge in [0.05, 0.1) is 17.2 Å². The number of alkyl halides is 6. The number of unbranched alkanes of at least 4 members (excludes halogenated alkanes) is 1. The van der Waals surface area contributed by atoms with E-state index in [1.54, 1.807) is 32.0 Å². The molecule has 2 rings (SSSR count). The van der Waals surface area contributed by atoms with Gasteiger partial charge < -0.3 is 10.1 Å². The molecule has 0 aliphatic rings. The number of hydrogen-bond donors (Lipinski definition) is 1. The molecule has 31 heavy (non-hydrogen) atoms. The quantitative estimate of drug-likeness (QED) is 0.361. The van der Waals surface area contributed by atoms with Crippen molar-refractivity contribution in [2.75, 3.05) is 11.9 Å². The molecule has 0 saturated carbocycles. The minimum absolute atomic E-state index is 0.0124. The summed E-state index contributed by atoms with van der Waals surface area (Å²) in [5, 5.41) is 2.19. The van der Waals surface area contributed by atoms with E-state index in [-0.39, 0.29) is 11.6 Å². The molecule has 0 heterocycles. The van der Waals surface area contributed by atoms with Crippen LogP contribution in [0.3, 0.4) is 0 Å². The highest BCUT2D eigenvalue weighted by Crippen LogP contribution is 2.38. The van der Waals surface area contributed by atoms with Crippen molar-refractivity contribution < 1.29 is 35.9 Å². The first-order valence-corrected chi connectivity index (χ1v) is 9.66. The molecule has 0 aliphatic carbocycles. The van der Waals surface area contributed by atoms with Gasteiger partial charge in [-0.05, 0) is 49.6 Å². The van der Waals surface area contributed by atoms with E-state index in [0.29, 0.717) is 29.9 Å². The average Bonchev–Trinajstić information content (AvgIpc) is 2.66. The number of carbonyl (C=O) groups is 1. The molecule has 2 aromatic carbocycles. The maximum absolute atomic E-state index is 13.1. The summed E-state index contributed by atoms with van der Waals surface area (Å²) in [6, 6.07) is 5.94. The highest BCUT2D eigenvalue weighted by Gasteiger charge is 2.37. The maximum atomic E-state index is 13.1. The number of benzene rings is 2. The second-order valence-electron chi connectivity index (χ2n) is 7.15. The molecule has 0 aliphatic heterocycles. The fourth-order valence-electron chi connectivity index (χ4n) is 3.05. The third-order valence-electron chi connectivity index (χ3n) is 4.68. The van der Waals surface area contributed by atoms with Crippen molar-refractivity contribution in [3.8, 4) is 0 Å². The van der Waals surface area contributed by atoms with Crippen LogP contribution < -0.4 is 5.32 Å². The van der Waals surface area contributed by atoms with Gasteiger partial charge in [-0.25, -0.2) is 0 Å². The van der Waals surface area contributed by atoms with Crippen LogP contribution in [0.5, 0.6) is 0 Å². The highest BCUT2D eigenvalue weighted by atomic mass is 19.4. The van der Waals surface area contributed by atoms with Gasteiger partial charge in [-0.1, -0.05) is 31.5 Å². The zero-order chi connectivity index (χ0) is 23.4. The van der Waals surface area contributed by atoms with Crippen LogP contribution in [0.1, 0.15) is 65.4 Å². The second kappa shape index (κ2) is 9.72. The normalized spacial score (nSPS) is 13.2. The van der Waals surface area contributed by atoms with E-state index >= 15 is 0 Å². The molecule has 170 valence electrons. The number of halogens is 6. The molecular weight excluding hydrogens is 424 g/mol. The lowest BCUT2D eigenvalue weighted by atomic mass is 9.97. The number of hydrogen-bond acceptors (Lipinski definition) is 2. The predicted octanol–water partition coefficient (Wildman–Crippen LogP) is 7.16. The summed E-state index contributed by atoms with van der Waals surface area (Å²) in [6.07, 6.45) is -8.78. The van der Waals surface area contributed by atoms with E-state index in [1.165, 1.54) is 0 Å². The second-order valence-corrected chi connectivity index (χ2v) is 7.15. The maximum Gasteiger partial charge on any atom is 0.416 e. The molecule has 0 fully saturated rings. The number of carbonyl (C=O) groups excluding carboxylic acids is 1. The van der Waals surface area contributed by atoms with Gasteiger partial charge in [0, 0.05) is 17.9 Å². The molecule has 0 radical (unpaired) electrons. The molecule has 1 N–H and O–H groups in total. The Labute approximate surface area is 176 Å². The first-order chi connectivity index (χ1) is 14.3. The van der Waals surface area contributed by atoms with Crippen LogP contribution >= 0.6 is 0 Å². The summed E-state index contributed by atoms with van der Waals surface area (Å²) in [5.41, 5.74) is -2.43. The minimum atomic E-state index is -5.00. The van der Waals surface area contributed by atoms with Gasteiger partial charge in [0.2, 0.25) is 0 Å². The molecule has 0 spiro atoms. The van der Waals surface area contributed by atoms with Crippen molar-refractivity contribution in [3.63, 3.8) is 0 Å². The van der Waals surface area contributed by atoms with E-state index in [1.807, 2.05) is 6.92 Å². The summed E-state index contributed by atoms with van der Waals surface area (Å²) in [5.74, 6) is -0.813. The summed E-state index contributed by atoms with van der Waals surface area (Å²) in [6.45, 7) is 5.80. The Balaban J connectivity index is 2.42.